The number of carbonyl (C=O) groups is 1. The lowest BCUT2D eigenvalue weighted by atomic mass is 9.94. The number of aromatic nitrogens is 1. The Balaban J connectivity index is 2.03. The van der Waals surface area contributed by atoms with Gasteiger partial charge in [0.2, 0.25) is 5.91 Å². The molecule has 1 N–H and O–H groups in total. The summed E-state index contributed by atoms with van der Waals surface area (Å²) in [5.41, 5.74) is 0.646. The summed E-state index contributed by atoms with van der Waals surface area (Å²) in [6.07, 6.45) is 5.47. The first kappa shape index (κ1) is 15.1. The molecule has 2 rings (SSSR count). The standard InChI is InChI=1S/C15H22ClN3O/c1-15(2,3)14(20)18-11-5-4-8-19(10-11)13-6-7-17-9-12(13)16/h6-7,9,11H,4-5,8,10H2,1-3H3,(H,18,20). The number of carbonyl (C=O) groups excluding carboxylic acids is 1. The molecule has 1 atom stereocenters. The number of nitrogens with one attached hydrogen (secondary N) is 1. The van der Waals surface area contributed by atoms with Gasteiger partial charge in [0, 0.05) is 36.9 Å². The minimum absolute atomic E-state index is 0.102. The molecule has 0 saturated carbocycles. The lowest BCUT2D eigenvalue weighted by molar-refractivity contribution is -0.129. The maximum atomic E-state index is 12.1. The molecule has 0 aliphatic carbocycles. The van der Waals surface area contributed by atoms with E-state index in [-0.39, 0.29) is 17.4 Å². The summed E-state index contributed by atoms with van der Waals surface area (Å²) in [7, 11) is 0. The van der Waals surface area contributed by atoms with Crippen molar-refractivity contribution in [2.45, 2.75) is 39.7 Å². The fourth-order valence-corrected chi connectivity index (χ4v) is 2.58. The van der Waals surface area contributed by atoms with Crippen molar-refractivity contribution < 1.29 is 4.79 Å². The first-order chi connectivity index (χ1) is 9.38. The number of amides is 1. The topological polar surface area (TPSA) is 45.2 Å². The first-order valence-electron chi connectivity index (χ1n) is 7.03. The third-order valence-electron chi connectivity index (χ3n) is 3.53. The number of piperidine rings is 1. The maximum Gasteiger partial charge on any atom is 0.225 e. The van der Waals surface area contributed by atoms with Crippen LogP contribution in [0.2, 0.25) is 5.02 Å². The predicted octanol–water partition coefficient (Wildman–Crippen LogP) is 2.87. The van der Waals surface area contributed by atoms with Gasteiger partial charge >= 0.3 is 0 Å². The molecule has 2 heterocycles. The molecule has 1 amide bonds. The number of hydrogen-bond donors (Lipinski definition) is 1. The van der Waals surface area contributed by atoms with Gasteiger partial charge in [0.1, 0.15) is 0 Å². The van der Waals surface area contributed by atoms with Gasteiger partial charge in [-0.3, -0.25) is 9.78 Å². The Kier molecular flexibility index (Phi) is 4.53. The van der Waals surface area contributed by atoms with Crippen LogP contribution in [-0.4, -0.2) is 30.0 Å². The fourth-order valence-electron chi connectivity index (χ4n) is 2.34. The molecule has 1 aliphatic heterocycles. The summed E-state index contributed by atoms with van der Waals surface area (Å²) in [6, 6.07) is 2.11. The van der Waals surface area contributed by atoms with E-state index in [0.717, 1.165) is 31.6 Å². The first-order valence-corrected chi connectivity index (χ1v) is 7.41. The van der Waals surface area contributed by atoms with Crippen LogP contribution in [-0.2, 0) is 4.79 Å². The average molecular weight is 296 g/mol. The highest BCUT2D eigenvalue weighted by molar-refractivity contribution is 6.33. The Bertz CT molecular complexity index is 484. The van der Waals surface area contributed by atoms with E-state index < -0.39 is 0 Å². The molecule has 1 aliphatic rings. The SMILES string of the molecule is CC(C)(C)C(=O)NC1CCCN(c2ccncc2Cl)C1. The van der Waals surface area contributed by atoms with Crippen molar-refractivity contribution in [2.24, 2.45) is 5.41 Å². The molecule has 0 radical (unpaired) electrons. The van der Waals surface area contributed by atoms with Crippen molar-refractivity contribution in [1.29, 1.82) is 0 Å². The van der Waals surface area contributed by atoms with Gasteiger partial charge < -0.3 is 10.2 Å². The van der Waals surface area contributed by atoms with E-state index >= 15 is 0 Å². The zero-order valence-electron chi connectivity index (χ0n) is 12.3. The highest BCUT2D eigenvalue weighted by Crippen LogP contribution is 2.27. The van der Waals surface area contributed by atoms with Crippen LogP contribution in [0.15, 0.2) is 18.5 Å². The highest BCUT2D eigenvalue weighted by Gasteiger charge is 2.27. The fraction of sp³-hybridized carbons (Fsp3) is 0.600. The maximum absolute atomic E-state index is 12.1. The average Bonchev–Trinajstić information content (AvgIpc) is 2.38. The second-order valence-electron chi connectivity index (χ2n) is 6.34. The molecule has 1 unspecified atom stereocenters. The number of hydrogen-bond acceptors (Lipinski definition) is 3. The van der Waals surface area contributed by atoms with E-state index in [4.69, 9.17) is 11.6 Å². The molecule has 1 fully saturated rings. The predicted molar refractivity (Wildman–Crippen MR) is 82.1 cm³/mol. The summed E-state index contributed by atoms with van der Waals surface area (Å²) in [5, 5.41) is 3.80. The smallest absolute Gasteiger partial charge is 0.225 e. The number of anilines is 1. The van der Waals surface area contributed by atoms with Gasteiger partial charge in [0.15, 0.2) is 0 Å². The minimum Gasteiger partial charge on any atom is -0.368 e. The number of halogens is 1. The number of nitrogens with zero attached hydrogens (tertiary/aromatic N) is 2. The van der Waals surface area contributed by atoms with Crippen LogP contribution >= 0.6 is 11.6 Å². The van der Waals surface area contributed by atoms with E-state index in [1.807, 2.05) is 26.8 Å². The van der Waals surface area contributed by atoms with Crippen LogP contribution in [0.3, 0.4) is 0 Å². The Hall–Kier alpha value is -1.29. The molecule has 0 aromatic carbocycles. The zero-order valence-corrected chi connectivity index (χ0v) is 13.1. The van der Waals surface area contributed by atoms with Gasteiger partial charge in [-0.1, -0.05) is 32.4 Å². The molecule has 1 aromatic heterocycles. The van der Waals surface area contributed by atoms with Crippen molar-refractivity contribution in [1.82, 2.24) is 10.3 Å². The Morgan fingerprint density at radius 3 is 2.90 bits per heavy atom. The summed E-state index contributed by atoms with van der Waals surface area (Å²) in [4.78, 5) is 18.3. The summed E-state index contributed by atoms with van der Waals surface area (Å²) in [5.74, 6) is 0.102. The lowest BCUT2D eigenvalue weighted by Gasteiger charge is -2.36. The molecule has 4 nitrogen and oxygen atoms in total. The Labute approximate surface area is 125 Å². The van der Waals surface area contributed by atoms with Gasteiger partial charge in [-0.15, -0.1) is 0 Å². The third kappa shape index (κ3) is 3.63. The molecule has 0 bridgehead atoms. The van der Waals surface area contributed by atoms with Crippen LogP contribution in [0, 0.1) is 5.41 Å². The lowest BCUT2D eigenvalue weighted by Crippen LogP contribution is -2.50. The van der Waals surface area contributed by atoms with Gasteiger partial charge in [-0.05, 0) is 18.9 Å². The molecule has 1 saturated heterocycles. The summed E-state index contributed by atoms with van der Waals surface area (Å²) < 4.78 is 0. The van der Waals surface area contributed by atoms with Crippen LogP contribution in [0.4, 0.5) is 5.69 Å². The van der Waals surface area contributed by atoms with E-state index in [1.165, 1.54) is 0 Å². The molecule has 0 spiro atoms. The molecule has 1 aromatic rings. The zero-order chi connectivity index (χ0) is 14.8. The van der Waals surface area contributed by atoms with E-state index in [9.17, 15) is 4.79 Å². The van der Waals surface area contributed by atoms with Crippen molar-refractivity contribution in [3.63, 3.8) is 0 Å². The molecule has 20 heavy (non-hydrogen) atoms. The van der Waals surface area contributed by atoms with Crippen LogP contribution in [0.5, 0.6) is 0 Å². The largest absolute Gasteiger partial charge is 0.368 e. The highest BCUT2D eigenvalue weighted by atomic mass is 35.5. The van der Waals surface area contributed by atoms with Gasteiger partial charge in [0.05, 0.1) is 10.7 Å². The Morgan fingerprint density at radius 1 is 1.50 bits per heavy atom. The second-order valence-corrected chi connectivity index (χ2v) is 6.74. The van der Waals surface area contributed by atoms with Gasteiger partial charge in [0.25, 0.3) is 0 Å². The van der Waals surface area contributed by atoms with Crippen molar-refractivity contribution >= 4 is 23.2 Å². The number of pyridine rings is 1. The Morgan fingerprint density at radius 2 is 2.25 bits per heavy atom. The monoisotopic (exact) mass is 295 g/mol. The van der Waals surface area contributed by atoms with Gasteiger partial charge in [-0.25, -0.2) is 0 Å². The van der Waals surface area contributed by atoms with Crippen molar-refractivity contribution in [3.8, 4) is 0 Å². The molecular weight excluding hydrogens is 274 g/mol. The normalized spacial score (nSPS) is 19.8. The van der Waals surface area contributed by atoms with E-state index in [2.05, 4.69) is 15.2 Å². The summed E-state index contributed by atoms with van der Waals surface area (Å²) in [6.45, 7) is 7.56. The third-order valence-corrected chi connectivity index (χ3v) is 3.82. The van der Waals surface area contributed by atoms with Crippen molar-refractivity contribution in [3.05, 3.63) is 23.5 Å². The molecular formula is C15H22ClN3O. The van der Waals surface area contributed by atoms with Crippen molar-refractivity contribution in [2.75, 3.05) is 18.0 Å². The van der Waals surface area contributed by atoms with Crippen LogP contribution in [0.1, 0.15) is 33.6 Å². The van der Waals surface area contributed by atoms with Crippen LogP contribution < -0.4 is 10.2 Å². The molecule has 5 heteroatoms. The number of rotatable bonds is 2. The van der Waals surface area contributed by atoms with Gasteiger partial charge in [-0.2, -0.15) is 0 Å². The van der Waals surface area contributed by atoms with E-state index in [0.29, 0.717) is 5.02 Å². The summed E-state index contributed by atoms with van der Waals surface area (Å²) >= 11 is 6.19. The quantitative estimate of drug-likeness (QED) is 0.912. The van der Waals surface area contributed by atoms with E-state index in [1.54, 1.807) is 12.4 Å². The molecule has 110 valence electrons. The second kappa shape index (κ2) is 6.00. The minimum atomic E-state index is -0.351. The van der Waals surface area contributed by atoms with Crippen LogP contribution in [0.25, 0.3) is 0 Å².